The van der Waals surface area contributed by atoms with Crippen molar-refractivity contribution in [1.29, 1.82) is 0 Å². The van der Waals surface area contributed by atoms with E-state index in [1.807, 2.05) is 0 Å². The first-order chi connectivity index (χ1) is 4.31. The third-order valence-electron chi connectivity index (χ3n) is 1.12. The Morgan fingerprint density at radius 2 is 2.11 bits per heavy atom. The van der Waals surface area contributed by atoms with Crippen molar-refractivity contribution in [2.75, 3.05) is 0 Å². The van der Waals surface area contributed by atoms with Crippen LogP contribution in [-0.4, -0.2) is 12.1 Å². The zero-order valence-electron chi connectivity index (χ0n) is 5.64. The first-order valence-electron chi connectivity index (χ1n) is 3.22. The number of carbonyl (C=O) groups excluding carboxylic acids is 2. The predicted octanol–water partition coefficient (Wildman–Crippen LogP) is 1.25. The van der Waals surface area contributed by atoms with Crippen molar-refractivity contribution in [3.05, 3.63) is 0 Å². The molecule has 2 nitrogen and oxygen atoms in total. The van der Waals surface area contributed by atoms with E-state index in [2.05, 4.69) is 6.92 Å². The fourth-order valence-corrected chi connectivity index (χ4v) is 0.587. The van der Waals surface area contributed by atoms with Gasteiger partial charge < -0.3 is 0 Å². The molecule has 0 heterocycles. The van der Waals surface area contributed by atoms with Crippen LogP contribution >= 0.6 is 0 Å². The summed E-state index contributed by atoms with van der Waals surface area (Å²) in [6, 6.07) is 0. The average molecular weight is 127 g/mol. The van der Waals surface area contributed by atoms with E-state index in [1.54, 1.807) is 0 Å². The highest BCUT2D eigenvalue weighted by molar-refractivity contribution is 6.25. The maximum absolute atomic E-state index is 10.3. The number of ketones is 1. The highest BCUT2D eigenvalue weighted by Gasteiger charge is 1.97. The third-order valence-corrected chi connectivity index (χ3v) is 1.12. The first-order valence-corrected chi connectivity index (χ1v) is 3.22. The average Bonchev–Trinajstić information content (AvgIpc) is 1.89. The summed E-state index contributed by atoms with van der Waals surface area (Å²) in [5.41, 5.74) is 0. The Hall–Kier alpha value is -0.660. The minimum Gasteiger partial charge on any atom is -0.290 e. The molecule has 0 aromatic heterocycles. The molecule has 0 atom stereocenters. The Morgan fingerprint density at radius 3 is 2.56 bits per heavy atom. The fraction of sp³-hybridized carbons (Fsp3) is 0.714. The number of hydrogen-bond donors (Lipinski definition) is 0. The van der Waals surface area contributed by atoms with Gasteiger partial charge >= 0.3 is 0 Å². The van der Waals surface area contributed by atoms with Crippen molar-refractivity contribution in [1.82, 2.24) is 0 Å². The van der Waals surface area contributed by atoms with Gasteiger partial charge in [-0.1, -0.05) is 19.8 Å². The zero-order chi connectivity index (χ0) is 7.11. The third kappa shape index (κ3) is 5.21. The molecule has 0 amide bonds. The van der Waals surface area contributed by atoms with Crippen molar-refractivity contribution < 1.29 is 9.59 Å². The number of unbranched alkanes of at least 4 members (excludes halogenated alkanes) is 2. The molecule has 51 valence electrons. The minimum atomic E-state index is -0.400. The molecule has 9 heavy (non-hydrogen) atoms. The Kier molecular flexibility index (Phi) is 5.07. The maximum atomic E-state index is 10.3. The Labute approximate surface area is 55.3 Å². The van der Waals surface area contributed by atoms with Crippen molar-refractivity contribution >= 4 is 12.1 Å². The van der Waals surface area contributed by atoms with Gasteiger partial charge in [-0.25, -0.2) is 0 Å². The molecule has 0 N–H and O–H groups in total. The minimum absolute atomic E-state index is 0.372. The summed E-state index contributed by atoms with van der Waals surface area (Å²) in [7, 11) is 0. The molecule has 1 radical (unpaired) electrons. The second kappa shape index (κ2) is 5.48. The van der Waals surface area contributed by atoms with Gasteiger partial charge in [0.1, 0.15) is 0 Å². The fourth-order valence-electron chi connectivity index (χ4n) is 0.587. The number of rotatable bonds is 5. The van der Waals surface area contributed by atoms with E-state index >= 15 is 0 Å². The Morgan fingerprint density at radius 1 is 1.44 bits per heavy atom. The van der Waals surface area contributed by atoms with Crippen LogP contribution in [0.25, 0.3) is 0 Å². The number of Topliss-reactive ketones (excluding diaryl/α,β-unsaturated/α-hetero) is 1. The van der Waals surface area contributed by atoms with Crippen LogP contribution in [0.2, 0.25) is 0 Å². The summed E-state index contributed by atoms with van der Waals surface area (Å²) >= 11 is 0. The summed E-state index contributed by atoms with van der Waals surface area (Å²) in [6.45, 7) is 2.05. The van der Waals surface area contributed by atoms with Crippen LogP contribution in [0.15, 0.2) is 0 Å². The largest absolute Gasteiger partial charge is 0.290 e. The topological polar surface area (TPSA) is 34.1 Å². The monoisotopic (exact) mass is 127 g/mol. The van der Waals surface area contributed by atoms with Crippen LogP contribution in [0.4, 0.5) is 0 Å². The smallest absolute Gasteiger partial charge is 0.272 e. The molecule has 0 aliphatic heterocycles. The predicted molar refractivity (Wildman–Crippen MR) is 34.8 cm³/mol. The normalized spacial score (nSPS) is 9.00. The quantitative estimate of drug-likeness (QED) is 0.411. The summed E-state index contributed by atoms with van der Waals surface area (Å²) < 4.78 is 0. The summed E-state index contributed by atoms with van der Waals surface area (Å²) in [4.78, 5) is 19.9. The molecule has 0 aliphatic rings. The molecule has 0 saturated carbocycles. The van der Waals surface area contributed by atoms with Gasteiger partial charge in [-0.15, -0.1) is 0 Å². The van der Waals surface area contributed by atoms with E-state index in [-0.39, 0.29) is 0 Å². The Bertz CT molecular complexity index is 97.1. The van der Waals surface area contributed by atoms with E-state index in [0.29, 0.717) is 6.42 Å². The lowest BCUT2D eigenvalue weighted by atomic mass is 10.1. The highest BCUT2D eigenvalue weighted by Crippen LogP contribution is 1.97. The van der Waals surface area contributed by atoms with Crippen molar-refractivity contribution in [3.8, 4) is 0 Å². The first kappa shape index (κ1) is 8.34. The van der Waals surface area contributed by atoms with E-state index in [1.165, 1.54) is 6.29 Å². The van der Waals surface area contributed by atoms with Crippen LogP contribution in [0, 0.1) is 0 Å². The van der Waals surface area contributed by atoms with Crippen LogP contribution in [0.5, 0.6) is 0 Å². The van der Waals surface area contributed by atoms with Gasteiger partial charge in [-0.2, -0.15) is 0 Å². The molecule has 0 aliphatic carbocycles. The molecule has 0 aromatic carbocycles. The molecule has 0 bridgehead atoms. The molecule has 0 rings (SSSR count). The van der Waals surface area contributed by atoms with Gasteiger partial charge in [0, 0.05) is 6.42 Å². The standard InChI is InChI=1S/C7H11O2/c1-2-3-4-5-7(9)6-8/h2-5H2,1H3. The lowest BCUT2D eigenvalue weighted by Gasteiger charge is -1.89. The molecule has 0 spiro atoms. The molecular weight excluding hydrogens is 116 g/mol. The molecule has 0 saturated heterocycles. The second-order valence-electron chi connectivity index (χ2n) is 1.98. The van der Waals surface area contributed by atoms with Gasteiger partial charge in [0.05, 0.1) is 0 Å². The van der Waals surface area contributed by atoms with Gasteiger partial charge in [0.2, 0.25) is 5.78 Å². The van der Waals surface area contributed by atoms with Gasteiger partial charge in [-0.05, 0) is 6.42 Å². The maximum Gasteiger partial charge on any atom is 0.272 e. The number of hydrogen-bond acceptors (Lipinski definition) is 2. The van der Waals surface area contributed by atoms with Gasteiger partial charge in [0.15, 0.2) is 0 Å². The Balaban J connectivity index is 3.07. The molecule has 0 fully saturated rings. The zero-order valence-corrected chi connectivity index (χ0v) is 5.64. The van der Waals surface area contributed by atoms with Gasteiger partial charge in [-0.3, -0.25) is 9.59 Å². The molecule has 2 heteroatoms. The van der Waals surface area contributed by atoms with E-state index < -0.39 is 5.78 Å². The number of carbonyl (C=O) groups is 1. The van der Waals surface area contributed by atoms with Crippen LogP contribution in [0.1, 0.15) is 32.6 Å². The van der Waals surface area contributed by atoms with Crippen molar-refractivity contribution in [2.24, 2.45) is 0 Å². The van der Waals surface area contributed by atoms with E-state index in [9.17, 15) is 9.59 Å². The van der Waals surface area contributed by atoms with Crippen LogP contribution in [0.3, 0.4) is 0 Å². The molecular formula is C7H11O2. The van der Waals surface area contributed by atoms with Crippen molar-refractivity contribution in [2.45, 2.75) is 32.6 Å². The highest BCUT2D eigenvalue weighted by atomic mass is 16.2. The molecule has 0 aromatic rings. The van der Waals surface area contributed by atoms with Crippen LogP contribution in [-0.2, 0) is 9.59 Å². The SMILES string of the molecule is CCCCCC(=O)[C]=O. The van der Waals surface area contributed by atoms with Crippen molar-refractivity contribution in [3.63, 3.8) is 0 Å². The van der Waals surface area contributed by atoms with E-state index in [0.717, 1.165) is 19.3 Å². The van der Waals surface area contributed by atoms with Crippen LogP contribution < -0.4 is 0 Å². The summed E-state index contributed by atoms with van der Waals surface area (Å²) in [6.07, 6.45) is 4.63. The lowest BCUT2D eigenvalue weighted by Crippen LogP contribution is -1.96. The summed E-state index contributed by atoms with van der Waals surface area (Å²) in [5.74, 6) is -0.400. The van der Waals surface area contributed by atoms with Gasteiger partial charge in [0.25, 0.3) is 6.29 Å². The molecule has 0 unspecified atom stereocenters. The van der Waals surface area contributed by atoms with E-state index in [4.69, 9.17) is 0 Å². The lowest BCUT2D eigenvalue weighted by molar-refractivity contribution is -0.113. The summed E-state index contributed by atoms with van der Waals surface area (Å²) in [5, 5.41) is 0. The second-order valence-corrected chi connectivity index (χ2v) is 1.98.